The second kappa shape index (κ2) is 9.09. The topological polar surface area (TPSA) is 0 Å². The van der Waals surface area contributed by atoms with Crippen molar-refractivity contribution in [2.24, 2.45) is 11.8 Å². The van der Waals surface area contributed by atoms with Gasteiger partial charge in [-0.05, 0) is 11.8 Å². The summed E-state index contributed by atoms with van der Waals surface area (Å²) in [5.41, 5.74) is 0. The average Bonchev–Trinajstić information content (AvgIpc) is 2.09. The molecule has 0 bridgehead atoms. The minimum atomic E-state index is 0. The molecule has 1 unspecified atom stereocenters. The van der Waals surface area contributed by atoms with Crippen molar-refractivity contribution >= 4 is 0 Å². The van der Waals surface area contributed by atoms with Gasteiger partial charge in [0.15, 0.2) is 0 Å². The second-order valence-electron chi connectivity index (χ2n) is 3.43. The van der Waals surface area contributed by atoms with E-state index >= 15 is 0 Å². The molecule has 12 heavy (non-hydrogen) atoms. The van der Waals surface area contributed by atoms with E-state index in [1.165, 1.54) is 32.1 Å². The van der Waals surface area contributed by atoms with Crippen molar-refractivity contribution in [3.63, 3.8) is 0 Å². The fraction of sp³-hybridized carbons (Fsp3) is 1.00. The van der Waals surface area contributed by atoms with Crippen LogP contribution in [0.5, 0.6) is 0 Å². The van der Waals surface area contributed by atoms with Crippen molar-refractivity contribution in [2.75, 3.05) is 0 Å². The Balaban J connectivity index is 0. The van der Waals surface area contributed by atoms with Crippen LogP contribution in [0.15, 0.2) is 0 Å². The third-order valence-electron chi connectivity index (χ3n) is 2.81. The van der Waals surface area contributed by atoms with Crippen molar-refractivity contribution < 1.29 is 0 Å². The zero-order valence-corrected chi connectivity index (χ0v) is 8.69. The Morgan fingerprint density at radius 2 is 1.58 bits per heavy atom. The maximum absolute atomic E-state index is 2.41. The van der Waals surface area contributed by atoms with E-state index in [-0.39, 0.29) is 7.43 Å². The first kappa shape index (κ1) is 14.5. The normalized spacial score (nSPS) is 28.0. The summed E-state index contributed by atoms with van der Waals surface area (Å²) in [7, 11) is 0. The molecule has 0 heterocycles. The Hall–Kier alpha value is 0. The van der Waals surface area contributed by atoms with Crippen LogP contribution >= 0.6 is 0 Å². The Kier molecular flexibility index (Phi) is 11.0. The lowest BCUT2D eigenvalue weighted by Gasteiger charge is -2.27. The van der Waals surface area contributed by atoms with Crippen LogP contribution < -0.4 is 0 Å². The van der Waals surface area contributed by atoms with Gasteiger partial charge in [0, 0.05) is 0 Å². The van der Waals surface area contributed by atoms with E-state index < -0.39 is 0 Å². The highest BCUT2D eigenvalue weighted by atomic mass is 14.2. The Morgan fingerprint density at radius 3 is 1.92 bits per heavy atom. The number of hydrogen-bond donors (Lipinski definition) is 0. The van der Waals surface area contributed by atoms with E-state index in [9.17, 15) is 0 Å². The van der Waals surface area contributed by atoms with E-state index in [0.29, 0.717) is 0 Å². The monoisotopic (exact) mass is 172 g/mol. The summed E-state index contributed by atoms with van der Waals surface area (Å²) in [5.74, 6) is 2.07. The molecule has 1 fully saturated rings. The van der Waals surface area contributed by atoms with Gasteiger partial charge in [-0.15, -0.1) is 0 Å². The fourth-order valence-electron chi connectivity index (χ4n) is 2.00. The molecular weight excluding hydrogens is 144 g/mol. The molecule has 0 spiro atoms. The molecule has 0 radical (unpaired) electrons. The summed E-state index contributed by atoms with van der Waals surface area (Å²) >= 11 is 0. The van der Waals surface area contributed by atoms with Gasteiger partial charge < -0.3 is 0 Å². The molecule has 0 heteroatoms. The maximum Gasteiger partial charge on any atom is -0.0391 e. The molecule has 2 atom stereocenters. The van der Waals surface area contributed by atoms with Gasteiger partial charge >= 0.3 is 0 Å². The standard InChI is InChI=1S/C9H18.C2H6.CH4/c1-3-9-7-5-4-6-8(9)2;1-2;/h8-9H,3-7H2,1-2H3;1-2H3;1H4/t8?,9-;;/m1../s1. The van der Waals surface area contributed by atoms with Crippen LogP contribution in [0.3, 0.4) is 0 Å². The minimum Gasteiger partial charge on any atom is -0.0776 e. The van der Waals surface area contributed by atoms with E-state index in [1.54, 1.807) is 0 Å². The molecule has 1 aliphatic carbocycles. The molecule has 0 N–H and O–H groups in total. The molecule has 0 saturated heterocycles. The van der Waals surface area contributed by atoms with Gasteiger partial charge in [-0.3, -0.25) is 0 Å². The van der Waals surface area contributed by atoms with Crippen LogP contribution in [0, 0.1) is 11.8 Å². The number of hydrogen-bond acceptors (Lipinski definition) is 0. The molecular formula is C12H28. The van der Waals surface area contributed by atoms with Crippen LogP contribution in [0.4, 0.5) is 0 Å². The lowest BCUT2D eigenvalue weighted by atomic mass is 9.79. The first-order valence-electron chi connectivity index (χ1n) is 5.34. The average molecular weight is 172 g/mol. The third kappa shape index (κ3) is 4.79. The third-order valence-corrected chi connectivity index (χ3v) is 2.81. The first-order valence-corrected chi connectivity index (χ1v) is 5.34. The minimum absolute atomic E-state index is 0. The van der Waals surface area contributed by atoms with Crippen molar-refractivity contribution in [1.82, 2.24) is 0 Å². The highest BCUT2D eigenvalue weighted by molar-refractivity contribution is 4.70. The SMILES string of the molecule is C.CC.CC[C@@H]1CCCCC1C. The largest absolute Gasteiger partial charge is 0.0776 e. The predicted molar refractivity (Wildman–Crippen MR) is 59.5 cm³/mol. The van der Waals surface area contributed by atoms with Crippen LogP contribution in [0.1, 0.15) is 67.2 Å². The lowest BCUT2D eigenvalue weighted by molar-refractivity contribution is 0.249. The van der Waals surface area contributed by atoms with Gasteiger partial charge in [-0.1, -0.05) is 67.2 Å². The molecule has 76 valence electrons. The van der Waals surface area contributed by atoms with Crippen LogP contribution in [-0.4, -0.2) is 0 Å². The smallest absolute Gasteiger partial charge is 0.0391 e. The van der Waals surface area contributed by atoms with E-state index in [2.05, 4.69) is 13.8 Å². The Labute approximate surface area is 79.8 Å². The van der Waals surface area contributed by atoms with Crippen molar-refractivity contribution in [3.8, 4) is 0 Å². The summed E-state index contributed by atoms with van der Waals surface area (Å²) in [6, 6.07) is 0. The zero-order chi connectivity index (χ0) is 8.69. The summed E-state index contributed by atoms with van der Waals surface area (Å²) in [6.07, 6.45) is 7.36. The molecule has 0 nitrogen and oxygen atoms in total. The van der Waals surface area contributed by atoms with E-state index in [1.807, 2.05) is 13.8 Å². The molecule has 0 aliphatic heterocycles. The lowest BCUT2D eigenvalue weighted by Crippen LogP contribution is -2.15. The molecule has 0 aromatic heterocycles. The Morgan fingerprint density at radius 1 is 1.08 bits per heavy atom. The van der Waals surface area contributed by atoms with Gasteiger partial charge in [-0.25, -0.2) is 0 Å². The summed E-state index contributed by atoms with van der Waals surface area (Å²) in [6.45, 7) is 8.74. The van der Waals surface area contributed by atoms with Crippen LogP contribution in [0.2, 0.25) is 0 Å². The van der Waals surface area contributed by atoms with Crippen molar-refractivity contribution in [2.45, 2.75) is 67.2 Å². The van der Waals surface area contributed by atoms with Gasteiger partial charge in [0.1, 0.15) is 0 Å². The van der Waals surface area contributed by atoms with Crippen LogP contribution in [0.25, 0.3) is 0 Å². The van der Waals surface area contributed by atoms with Gasteiger partial charge in [0.2, 0.25) is 0 Å². The molecule has 1 rings (SSSR count). The number of rotatable bonds is 1. The maximum atomic E-state index is 2.41. The van der Waals surface area contributed by atoms with E-state index in [4.69, 9.17) is 0 Å². The van der Waals surface area contributed by atoms with Gasteiger partial charge in [0.25, 0.3) is 0 Å². The highest BCUT2D eigenvalue weighted by Crippen LogP contribution is 2.31. The van der Waals surface area contributed by atoms with Crippen LogP contribution in [-0.2, 0) is 0 Å². The van der Waals surface area contributed by atoms with Crippen molar-refractivity contribution in [3.05, 3.63) is 0 Å². The van der Waals surface area contributed by atoms with Crippen molar-refractivity contribution in [1.29, 1.82) is 0 Å². The quantitative estimate of drug-likeness (QED) is 0.528. The summed E-state index contributed by atoms with van der Waals surface area (Å²) in [4.78, 5) is 0. The van der Waals surface area contributed by atoms with Gasteiger partial charge in [0.05, 0.1) is 0 Å². The first-order chi connectivity index (χ1) is 5.34. The fourth-order valence-corrected chi connectivity index (χ4v) is 2.00. The molecule has 0 aromatic carbocycles. The second-order valence-corrected chi connectivity index (χ2v) is 3.43. The zero-order valence-electron chi connectivity index (χ0n) is 8.69. The highest BCUT2D eigenvalue weighted by Gasteiger charge is 2.18. The van der Waals surface area contributed by atoms with E-state index in [0.717, 1.165) is 11.8 Å². The summed E-state index contributed by atoms with van der Waals surface area (Å²) in [5, 5.41) is 0. The molecule has 0 aromatic rings. The molecule has 0 amide bonds. The van der Waals surface area contributed by atoms with Gasteiger partial charge in [-0.2, -0.15) is 0 Å². The summed E-state index contributed by atoms with van der Waals surface area (Å²) < 4.78 is 0. The Bertz CT molecular complexity index is 76.1. The molecule has 1 saturated carbocycles. The predicted octanol–water partition coefficient (Wildman–Crippen LogP) is 4.89. The molecule has 1 aliphatic rings.